The minimum atomic E-state index is -4.48. The number of aliphatic hydroxyl groups excluding tert-OH is 1. The predicted octanol–water partition coefficient (Wildman–Crippen LogP) is 2.38. The molecule has 1 fully saturated rings. The summed E-state index contributed by atoms with van der Waals surface area (Å²) in [5.41, 5.74) is -0.670. The van der Waals surface area contributed by atoms with Gasteiger partial charge in [-0.05, 0) is 23.8 Å². The average molecular weight is 338 g/mol. The molecule has 3 nitrogen and oxygen atoms in total. The number of carbonyl (C=O) groups is 1. The molecule has 1 aromatic carbocycles. The maximum atomic E-state index is 12.7. The van der Waals surface area contributed by atoms with E-state index >= 15 is 0 Å². The standard InChI is InChI=1S/C12H11BrF3NO2/c1-17-5-9(18)10(11(17)19)7-4-6(12(14,15)16)2-3-8(7)13/h2-4,9-10,18H,5H2,1H3. The predicted molar refractivity (Wildman–Crippen MR) is 65.5 cm³/mol. The molecule has 1 aliphatic heterocycles. The van der Waals surface area contributed by atoms with E-state index < -0.39 is 23.8 Å². The van der Waals surface area contributed by atoms with Gasteiger partial charge in [-0.2, -0.15) is 13.2 Å². The zero-order valence-corrected chi connectivity index (χ0v) is 11.5. The lowest BCUT2D eigenvalue weighted by Gasteiger charge is -2.16. The number of aliphatic hydroxyl groups is 1. The molecule has 2 unspecified atom stereocenters. The van der Waals surface area contributed by atoms with Crippen LogP contribution in [0.15, 0.2) is 22.7 Å². The van der Waals surface area contributed by atoms with Crippen molar-refractivity contribution in [1.82, 2.24) is 4.90 Å². The van der Waals surface area contributed by atoms with Crippen molar-refractivity contribution in [2.75, 3.05) is 13.6 Å². The zero-order chi connectivity index (χ0) is 14.4. The lowest BCUT2D eigenvalue weighted by Crippen LogP contribution is -2.22. The highest BCUT2D eigenvalue weighted by Crippen LogP contribution is 2.37. The van der Waals surface area contributed by atoms with Crippen molar-refractivity contribution >= 4 is 21.8 Å². The molecule has 1 saturated heterocycles. The summed E-state index contributed by atoms with van der Waals surface area (Å²) < 4.78 is 38.4. The fourth-order valence-electron chi connectivity index (χ4n) is 2.18. The van der Waals surface area contributed by atoms with E-state index in [1.807, 2.05) is 0 Å². The SMILES string of the molecule is CN1CC(O)C(c2cc(C(F)(F)F)ccc2Br)C1=O. The second-order valence-corrected chi connectivity index (χ2v) is 5.35. The van der Waals surface area contributed by atoms with Crippen molar-refractivity contribution < 1.29 is 23.1 Å². The maximum Gasteiger partial charge on any atom is 0.416 e. The summed E-state index contributed by atoms with van der Waals surface area (Å²) in [6.45, 7) is 0.117. The van der Waals surface area contributed by atoms with Crippen LogP contribution in [-0.2, 0) is 11.0 Å². The number of nitrogens with zero attached hydrogens (tertiary/aromatic N) is 1. The summed E-state index contributed by atoms with van der Waals surface area (Å²) in [5.74, 6) is -1.34. The molecule has 0 aliphatic carbocycles. The molecule has 1 heterocycles. The number of alkyl halides is 3. The number of rotatable bonds is 1. The molecule has 7 heteroatoms. The van der Waals surface area contributed by atoms with Gasteiger partial charge in [0.2, 0.25) is 5.91 Å². The van der Waals surface area contributed by atoms with Gasteiger partial charge in [-0.15, -0.1) is 0 Å². The van der Waals surface area contributed by atoms with Gasteiger partial charge in [0.25, 0.3) is 0 Å². The minimum Gasteiger partial charge on any atom is -0.390 e. The lowest BCUT2D eigenvalue weighted by molar-refractivity contribution is -0.138. The molecule has 0 aromatic heterocycles. The van der Waals surface area contributed by atoms with Crippen molar-refractivity contribution in [3.63, 3.8) is 0 Å². The van der Waals surface area contributed by atoms with Crippen LogP contribution in [0.2, 0.25) is 0 Å². The van der Waals surface area contributed by atoms with Crippen LogP contribution in [0.25, 0.3) is 0 Å². The van der Waals surface area contributed by atoms with E-state index in [2.05, 4.69) is 15.9 Å². The van der Waals surface area contributed by atoms with Crippen LogP contribution < -0.4 is 0 Å². The number of benzene rings is 1. The van der Waals surface area contributed by atoms with Crippen LogP contribution >= 0.6 is 15.9 Å². The number of hydrogen-bond donors (Lipinski definition) is 1. The van der Waals surface area contributed by atoms with Gasteiger partial charge >= 0.3 is 6.18 Å². The van der Waals surface area contributed by atoms with Crippen molar-refractivity contribution in [1.29, 1.82) is 0 Å². The molecule has 19 heavy (non-hydrogen) atoms. The van der Waals surface area contributed by atoms with E-state index in [4.69, 9.17) is 0 Å². The third kappa shape index (κ3) is 2.62. The van der Waals surface area contributed by atoms with E-state index in [0.29, 0.717) is 4.47 Å². The van der Waals surface area contributed by atoms with E-state index in [-0.39, 0.29) is 18.0 Å². The molecule has 0 spiro atoms. The van der Waals surface area contributed by atoms with Crippen LogP contribution in [0.3, 0.4) is 0 Å². The van der Waals surface area contributed by atoms with Crippen molar-refractivity contribution in [2.24, 2.45) is 0 Å². The third-order valence-electron chi connectivity index (χ3n) is 3.15. The van der Waals surface area contributed by atoms with E-state index in [1.165, 1.54) is 18.0 Å². The Kier molecular flexibility index (Phi) is 3.61. The van der Waals surface area contributed by atoms with Crippen molar-refractivity contribution in [3.8, 4) is 0 Å². The summed E-state index contributed by atoms with van der Waals surface area (Å²) in [7, 11) is 1.51. The summed E-state index contributed by atoms with van der Waals surface area (Å²) in [6, 6.07) is 3.09. The number of carbonyl (C=O) groups excluding carboxylic acids is 1. The first-order chi connectivity index (χ1) is 8.71. The molecule has 0 saturated carbocycles. The van der Waals surface area contributed by atoms with Crippen molar-refractivity contribution in [2.45, 2.75) is 18.2 Å². The smallest absolute Gasteiger partial charge is 0.390 e. The third-order valence-corrected chi connectivity index (χ3v) is 3.87. The Morgan fingerprint density at radius 2 is 2.05 bits per heavy atom. The number of amides is 1. The zero-order valence-electron chi connectivity index (χ0n) is 9.91. The maximum absolute atomic E-state index is 12.7. The Labute approximate surface area is 116 Å². The molecular formula is C12H11BrF3NO2. The molecular weight excluding hydrogens is 327 g/mol. The van der Waals surface area contributed by atoms with E-state index in [9.17, 15) is 23.1 Å². The van der Waals surface area contributed by atoms with E-state index in [1.54, 1.807) is 0 Å². The lowest BCUT2D eigenvalue weighted by atomic mass is 9.94. The van der Waals surface area contributed by atoms with Gasteiger partial charge in [-0.3, -0.25) is 4.79 Å². The first kappa shape index (κ1) is 14.3. The van der Waals surface area contributed by atoms with Crippen LogP contribution in [0, 0.1) is 0 Å². The second kappa shape index (κ2) is 4.79. The highest BCUT2D eigenvalue weighted by atomic mass is 79.9. The fraction of sp³-hybridized carbons (Fsp3) is 0.417. The minimum absolute atomic E-state index is 0.117. The Morgan fingerprint density at radius 3 is 2.53 bits per heavy atom. The highest BCUT2D eigenvalue weighted by Gasteiger charge is 2.41. The summed E-state index contributed by atoms with van der Waals surface area (Å²) in [5, 5.41) is 9.84. The molecule has 1 N–H and O–H groups in total. The Morgan fingerprint density at radius 1 is 1.42 bits per heavy atom. The quantitative estimate of drug-likeness (QED) is 0.854. The van der Waals surface area contributed by atoms with Gasteiger partial charge in [-0.1, -0.05) is 15.9 Å². The van der Waals surface area contributed by atoms with E-state index in [0.717, 1.165) is 12.1 Å². The first-order valence-corrected chi connectivity index (χ1v) is 6.31. The Hall–Kier alpha value is -1.08. The molecule has 0 bridgehead atoms. The van der Waals surface area contributed by atoms with Gasteiger partial charge in [0, 0.05) is 18.1 Å². The number of likely N-dealkylation sites (tertiary alicyclic amines) is 1. The number of hydrogen-bond acceptors (Lipinski definition) is 2. The highest BCUT2D eigenvalue weighted by molar-refractivity contribution is 9.10. The molecule has 1 amide bonds. The first-order valence-electron chi connectivity index (χ1n) is 5.51. The Balaban J connectivity index is 2.47. The topological polar surface area (TPSA) is 40.5 Å². The summed E-state index contributed by atoms with van der Waals surface area (Å²) in [4.78, 5) is 13.2. The number of halogens is 4. The van der Waals surface area contributed by atoms with Gasteiger partial charge in [-0.25, -0.2) is 0 Å². The molecule has 104 valence electrons. The monoisotopic (exact) mass is 337 g/mol. The molecule has 1 aliphatic rings. The summed E-state index contributed by atoms with van der Waals surface area (Å²) in [6.07, 6.45) is -5.48. The van der Waals surface area contributed by atoms with Gasteiger partial charge < -0.3 is 10.0 Å². The molecule has 2 atom stereocenters. The van der Waals surface area contributed by atoms with Crippen LogP contribution in [0.4, 0.5) is 13.2 Å². The van der Waals surface area contributed by atoms with Crippen LogP contribution in [0.5, 0.6) is 0 Å². The second-order valence-electron chi connectivity index (χ2n) is 4.50. The largest absolute Gasteiger partial charge is 0.416 e. The average Bonchev–Trinajstić information content (AvgIpc) is 2.53. The summed E-state index contributed by atoms with van der Waals surface area (Å²) >= 11 is 3.13. The van der Waals surface area contributed by atoms with Crippen LogP contribution in [0.1, 0.15) is 17.0 Å². The molecule has 1 aromatic rings. The van der Waals surface area contributed by atoms with Crippen LogP contribution in [-0.4, -0.2) is 35.6 Å². The fourth-order valence-corrected chi connectivity index (χ4v) is 2.67. The van der Waals surface area contributed by atoms with Gasteiger partial charge in [0.1, 0.15) is 0 Å². The normalized spacial score (nSPS) is 24.1. The van der Waals surface area contributed by atoms with Gasteiger partial charge in [0.15, 0.2) is 0 Å². The Bertz CT molecular complexity index is 518. The number of β-amino-alcohol motifs (C(OH)–C–C–N with tert-alkyl or cyclic N) is 1. The number of likely N-dealkylation sites (N-methyl/N-ethyl adjacent to an activating group) is 1. The molecule has 0 radical (unpaired) electrons. The van der Waals surface area contributed by atoms with Gasteiger partial charge in [0.05, 0.1) is 17.6 Å². The molecule has 2 rings (SSSR count). The van der Waals surface area contributed by atoms with Crippen molar-refractivity contribution in [3.05, 3.63) is 33.8 Å².